The third-order valence-corrected chi connectivity index (χ3v) is 3.91. The number of benzene rings is 2. The van der Waals surface area contributed by atoms with Crippen LogP contribution in [0.2, 0.25) is 0 Å². The van der Waals surface area contributed by atoms with E-state index in [9.17, 15) is 4.39 Å². The first kappa shape index (κ1) is 16.8. The van der Waals surface area contributed by atoms with Crippen molar-refractivity contribution in [2.24, 2.45) is 0 Å². The molecule has 0 unspecified atom stereocenters. The lowest BCUT2D eigenvalue weighted by atomic mass is 9.96. The van der Waals surface area contributed by atoms with Crippen molar-refractivity contribution in [2.45, 2.75) is 45.4 Å². The van der Waals surface area contributed by atoms with Crippen molar-refractivity contribution in [2.75, 3.05) is 6.61 Å². The molecule has 2 aromatic carbocycles. The van der Waals surface area contributed by atoms with Crippen LogP contribution in [0.4, 0.5) is 4.39 Å². The van der Waals surface area contributed by atoms with E-state index in [-0.39, 0.29) is 17.5 Å². The van der Waals surface area contributed by atoms with E-state index in [1.807, 2.05) is 51.1 Å². The number of nitrogens with one attached hydrogen (secondary N) is 1. The number of rotatable bonds is 4. The molecule has 0 fully saturated rings. The Bertz CT molecular complexity index is 692. The van der Waals surface area contributed by atoms with Crippen LogP contribution >= 0.6 is 0 Å². The summed E-state index contributed by atoms with van der Waals surface area (Å²) in [5, 5.41) is 3.44. The summed E-state index contributed by atoms with van der Waals surface area (Å²) in [6.45, 7) is 7.36. The van der Waals surface area contributed by atoms with Crippen molar-refractivity contribution in [3.05, 3.63) is 59.4 Å². The molecule has 1 aliphatic heterocycles. The van der Waals surface area contributed by atoms with Crippen LogP contribution in [0.15, 0.2) is 42.5 Å². The van der Waals surface area contributed by atoms with E-state index >= 15 is 0 Å². The molecular weight excluding hydrogens is 305 g/mol. The zero-order chi connectivity index (χ0) is 17.2. The average molecular weight is 329 g/mol. The maximum atomic E-state index is 13.4. The second-order valence-electron chi connectivity index (χ2n) is 7.19. The van der Waals surface area contributed by atoms with Gasteiger partial charge in [0, 0.05) is 12.6 Å². The Balaban J connectivity index is 1.55. The Morgan fingerprint density at radius 3 is 2.46 bits per heavy atom. The normalized spacial score (nSPS) is 17.2. The standard InChI is InChI=1S/C20H24FNO2/c1-20(2,3)24-19-8-6-18(7-9-19)23-13-17-11-15-10-16(21)5-4-14(15)12-22-17/h4-10,17,22H,11-13H2,1-3H3/t17-/m0/s1. The van der Waals surface area contributed by atoms with Gasteiger partial charge in [0.25, 0.3) is 0 Å². The average Bonchev–Trinajstić information content (AvgIpc) is 2.52. The van der Waals surface area contributed by atoms with Crippen LogP contribution in [-0.4, -0.2) is 18.2 Å². The lowest BCUT2D eigenvalue weighted by Gasteiger charge is -2.26. The largest absolute Gasteiger partial charge is 0.492 e. The molecule has 1 N–H and O–H groups in total. The van der Waals surface area contributed by atoms with Crippen molar-refractivity contribution in [3.63, 3.8) is 0 Å². The van der Waals surface area contributed by atoms with Crippen LogP contribution in [0, 0.1) is 5.82 Å². The molecular formula is C20H24FNO2. The highest BCUT2D eigenvalue weighted by Crippen LogP contribution is 2.23. The van der Waals surface area contributed by atoms with Crippen molar-refractivity contribution < 1.29 is 13.9 Å². The van der Waals surface area contributed by atoms with Crippen LogP contribution in [0.1, 0.15) is 31.9 Å². The summed E-state index contributed by atoms with van der Waals surface area (Å²) in [5.41, 5.74) is 2.02. The monoisotopic (exact) mass is 329 g/mol. The molecule has 24 heavy (non-hydrogen) atoms. The van der Waals surface area contributed by atoms with Crippen molar-refractivity contribution >= 4 is 0 Å². The first-order chi connectivity index (χ1) is 11.4. The van der Waals surface area contributed by atoms with E-state index in [2.05, 4.69) is 5.32 Å². The summed E-state index contributed by atoms with van der Waals surface area (Å²) < 4.78 is 25.0. The minimum atomic E-state index is -0.211. The smallest absolute Gasteiger partial charge is 0.123 e. The third-order valence-electron chi connectivity index (χ3n) is 3.91. The van der Waals surface area contributed by atoms with Gasteiger partial charge in [-0.05, 0) is 74.7 Å². The molecule has 0 aliphatic carbocycles. The van der Waals surface area contributed by atoms with Crippen molar-refractivity contribution in [3.8, 4) is 11.5 Å². The molecule has 0 bridgehead atoms. The molecule has 0 radical (unpaired) electrons. The van der Waals surface area contributed by atoms with E-state index in [4.69, 9.17) is 9.47 Å². The second kappa shape index (κ2) is 6.81. The molecule has 1 heterocycles. The molecule has 0 spiro atoms. The second-order valence-corrected chi connectivity index (χ2v) is 7.19. The third kappa shape index (κ3) is 4.48. The van der Waals surface area contributed by atoms with E-state index in [1.165, 1.54) is 6.07 Å². The van der Waals surface area contributed by atoms with Gasteiger partial charge < -0.3 is 14.8 Å². The minimum absolute atomic E-state index is 0.176. The first-order valence-corrected chi connectivity index (χ1v) is 8.32. The van der Waals surface area contributed by atoms with Gasteiger partial charge >= 0.3 is 0 Å². The topological polar surface area (TPSA) is 30.5 Å². The highest BCUT2D eigenvalue weighted by Gasteiger charge is 2.19. The number of hydrogen-bond donors (Lipinski definition) is 1. The molecule has 3 nitrogen and oxygen atoms in total. The molecule has 0 saturated heterocycles. The number of fused-ring (bicyclic) bond motifs is 1. The van der Waals surface area contributed by atoms with Gasteiger partial charge in [-0.25, -0.2) is 4.39 Å². The Morgan fingerprint density at radius 1 is 1.04 bits per heavy atom. The van der Waals surface area contributed by atoms with Gasteiger partial charge in [-0.3, -0.25) is 0 Å². The van der Waals surface area contributed by atoms with Gasteiger partial charge in [-0.15, -0.1) is 0 Å². The van der Waals surface area contributed by atoms with Gasteiger partial charge in [0.1, 0.15) is 29.5 Å². The van der Waals surface area contributed by atoms with Gasteiger partial charge in [0.2, 0.25) is 0 Å². The molecule has 1 atom stereocenters. The number of halogens is 1. The lowest BCUT2D eigenvalue weighted by molar-refractivity contribution is 0.130. The van der Waals surface area contributed by atoms with E-state index in [0.29, 0.717) is 6.61 Å². The Morgan fingerprint density at radius 2 is 1.75 bits per heavy atom. The highest BCUT2D eigenvalue weighted by molar-refractivity contribution is 5.32. The first-order valence-electron chi connectivity index (χ1n) is 8.32. The number of ether oxygens (including phenoxy) is 2. The Labute approximate surface area is 142 Å². The lowest BCUT2D eigenvalue weighted by Crippen LogP contribution is -2.40. The van der Waals surface area contributed by atoms with E-state index in [0.717, 1.165) is 35.6 Å². The van der Waals surface area contributed by atoms with Crippen LogP contribution in [0.25, 0.3) is 0 Å². The quantitative estimate of drug-likeness (QED) is 0.916. The summed E-state index contributed by atoms with van der Waals surface area (Å²) >= 11 is 0. The van der Waals surface area contributed by atoms with Crippen LogP contribution in [0.3, 0.4) is 0 Å². The molecule has 3 rings (SSSR count). The summed E-state index contributed by atoms with van der Waals surface area (Å²) in [6, 6.07) is 12.8. The number of hydrogen-bond acceptors (Lipinski definition) is 3. The van der Waals surface area contributed by atoms with Crippen LogP contribution in [-0.2, 0) is 13.0 Å². The fourth-order valence-corrected chi connectivity index (χ4v) is 2.82. The molecule has 2 aromatic rings. The zero-order valence-corrected chi connectivity index (χ0v) is 14.4. The molecule has 0 amide bonds. The maximum Gasteiger partial charge on any atom is 0.123 e. The van der Waals surface area contributed by atoms with E-state index in [1.54, 1.807) is 6.07 Å². The summed E-state index contributed by atoms with van der Waals surface area (Å²) in [5.74, 6) is 1.46. The predicted molar refractivity (Wildman–Crippen MR) is 93.0 cm³/mol. The van der Waals surface area contributed by atoms with Gasteiger partial charge in [0.15, 0.2) is 0 Å². The van der Waals surface area contributed by atoms with Gasteiger partial charge in [-0.2, -0.15) is 0 Å². The molecule has 0 aromatic heterocycles. The highest BCUT2D eigenvalue weighted by atomic mass is 19.1. The Hall–Kier alpha value is -2.07. The molecule has 0 saturated carbocycles. The van der Waals surface area contributed by atoms with Crippen molar-refractivity contribution in [1.82, 2.24) is 5.32 Å². The maximum absolute atomic E-state index is 13.4. The molecule has 4 heteroatoms. The summed E-state index contributed by atoms with van der Waals surface area (Å²) in [7, 11) is 0. The van der Waals surface area contributed by atoms with Crippen LogP contribution < -0.4 is 14.8 Å². The predicted octanol–water partition coefficient (Wildman–Crippen LogP) is 4.10. The van der Waals surface area contributed by atoms with Crippen LogP contribution in [0.5, 0.6) is 11.5 Å². The van der Waals surface area contributed by atoms with Crippen molar-refractivity contribution in [1.29, 1.82) is 0 Å². The fourth-order valence-electron chi connectivity index (χ4n) is 2.82. The van der Waals surface area contributed by atoms with E-state index < -0.39 is 0 Å². The Kier molecular flexibility index (Phi) is 4.76. The van der Waals surface area contributed by atoms with Gasteiger partial charge in [-0.1, -0.05) is 6.07 Å². The minimum Gasteiger partial charge on any atom is -0.492 e. The summed E-state index contributed by atoms with van der Waals surface area (Å²) in [6.07, 6.45) is 0.776. The summed E-state index contributed by atoms with van der Waals surface area (Å²) in [4.78, 5) is 0. The van der Waals surface area contributed by atoms with Gasteiger partial charge in [0.05, 0.1) is 0 Å². The fraction of sp³-hybridized carbons (Fsp3) is 0.400. The molecule has 1 aliphatic rings. The zero-order valence-electron chi connectivity index (χ0n) is 14.4. The SMILES string of the molecule is CC(C)(C)Oc1ccc(OC[C@@H]2Cc3cc(F)ccc3CN2)cc1. The molecule has 128 valence electrons.